The molecule has 1 aliphatic rings. The number of hydrogen-bond acceptors (Lipinski definition) is 5. The highest BCUT2D eigenvalue weighted by Gasteiger charge is 2.30. The third-order valence-corrected chi connectivity index (χ3v) is 4.60. The third-order valence-electron chi connectivity index (χ3n) is 4.60. The van der Waals surface area contributed by atoms with Gasteiger partial charge >= 0.3 is 5.97 Å². The summed E-state index contributed by atoms with van der Waals surface area (Å²) in [5.74, 6) is 0.539. The average Bonchev–Trinajstić information content (AvgIpc) is 2.98. The maximum absolute atomic E-state index is 12.0. The molecule has 1 saturated carbocycles. The molecule has 3 rings (SSSR count). The lowest BCUT2D eigenvalue weighted by Crippen LogP contribution is -2.39. The molecular weight excluding hydrogens is 304 g/mol. The van der Waals surface area contributed by atoms with Gasteiger partial charge in [-0.05, 0) is 25.0 Å². The van der Waals surface area contributed by atoms with Crippen molar-refractivity contribution in [2.24, 2.45) is 5.92 Å². The Hall–Kier alpha value is -2.21. The molecule has 1 fully saturated rings. The molecule has 1 aliphatic carbocycles. The van der Waals surface area contributed by atoms with Gasteiger partial charge in [0.1, 0.15) is 6.33 Å². The maximum atomic E-state index is 12.0. The number of methoxy groups -OCH3 is 1. The molecule has 0 radical (unpaired) electrons. The van der Waals surface area contributed by atoms with Gasteiger partial charge in [-0.15, -0.1) is 5.10 Å². The molecule has 2 aromatic rings. The van der Waals surface area contributed by atoms with E-state index in [0.717, 1.165) is 37.2 Å². The molecule has 24 heavy (non-hydrogen) atoms. The van der Waals surface area contributed by atoms with Crippen molar-refractivity contribution in [3.05, 3.63) is 42.5 Å². The zero-order valence-corrected chi connectivity index (χ0v) is 14.0. The van der Waals surface area contributed by atoms with Gasteiger partial charge < -0.3 is 10.1 Å². The minimum Gasteiger partial charge on any atom is -0.469 e. The van der Waals surface area contributed by atoms with Crippen molar-refractivity contribution in [3.8, 4) is 5.69 Å². The predicted molar refractivity (Wildman–Crippen MR) is 90.6 cm³/mol. The van der Waals surface area contributed by atoms with Crippen LogP contribution in [0.25, 0.3) is 5.69 Å². The van der Waals surface area contributed by atoms with E-state index in [1.54, 1.807) is 11.0 Å². The van der Waals surface area contributed by atoms with Crippen LogP contribution >= 0.6 is 0 Å². The number of esters is 1. The van der Waals surface area contributed by atoms with Crippen molar-refractivity contribution in [2.45, 2.75) is 44.7 Å². The Bertz CT molecular complexity index is 656. The number of aromatic nitrogens is 3. The summed E-state index contributed by atoms with van der Waals surface area (Å²) < 4.78 is 6.74. The van der Waals surface area contributed by atoms with Gasteiger partial charge in [-0.25, -0.2) is 9.67 Å². The zero-order valence-electron chi connectivity index (χ0n) is 14.0. The molecule has 0 aliphatic heterocycles. The first kappa shape index (κ1) is 16.6. The molecule has 128 valence electrons. The van der Waals surface area contributed by atoms with E-state index >= 15 is 0 Å². The molecule has 2 atom stereocenters. The quantitative estimate of drug-likeness (QED) is 0.674. The molecule has 1 N–H and O–H groups in total. The van der Waals surface area contributed by atoms with Gasteiger partial charge in [-0.1, -0.05) is 37.5 Å². The standard InChI is InChI=1S/C18H24N4O2/c1-24-18(23)15-10-6-3-7-11-16(15)19-12-17-20-13-22(21-17)14-8-4-2-5-9-14/h2,4-5,8-9,13,15-16,19H,3,6-7,10-12H2,1H3/t15-,16-/m0/s1. The van der Waals surface area contributed by atoms with Crippen LogP contribution in [0.1, 0.15) is 37.9 Å². The molecular formula is C18H24N4O2. The lowest BCUT2D eigenvalue weighted by Gasteiger charge is -2.23. The molecule has 6 nitrogen and oxygen atoms in total. The van der Waals surface area contributed by atoms with Crippen LogP contribution < -0.4 is 5.32 Å². The Balaban J connectivity index is 1.63. The number of ether oxygens (including phenoxy) is 1. The minimum atomic E-state index is -0.114. The van der Waals surface area contributed by atoms with Crippen molar-refractivity contribution >= 4 is 5.97 Å². The van der Waals surface area contributed by atoms with Crippen molar-refractivity contribution in [3.63, 3.8) is 0 Å². The Morgan fingerprint density at radius 1 is 1.25 bits per heavy atom. The average molecular weight is 328 g/mol. The van der Waals surface area contributed by atoms with E-state index in [1.165, 1.54) is 13.5 Å². The van der Waals surface area contributed by atoms with E-state index < -0.39 is 0 Å². The molecule has 1 aromatic carbocycles. The maximum Gasteiger partial charge on any atom is 0.310 e. The van der Waals surface area contributed by atoms with Crippen LogP contribution in [-0.4, -0.2) is 33.9 Å². The van der Waals surface area contributed by atoms with Crippen molar-refractivity contribution in [1.29, 1.82) is 0 Å². The van der Waals surface area contributed by atoms with Crippen LogP contribution in [0.4, 0.5) is 0 Å². The van der Waals surface area contributed by atoms with Crippen LogP contribution in [0.15, 0.2) is 36.7 Å². The van der Waals surface area contributed by atoms with Crippen LogP contribution in [-0.2, 0) is 16.1 Å². The van der Waals surface area contributed by atoms with Gasteiger partial charge in [0.15, 0.2) is 5.82 Å². The number of rotatable bonds is 5. The fourth-order valence-corrected chi connectivity index (χ4v) is 3.29. The molecule has 0 amide bonds. The van der Waals surface area contributed by atoms with E-state index in [0.29, 0.717) is 6.54 Å². The Morgan fingerprint density at radius 3 is 2.83 bits per heavy atom. The van der Waals surface area contributed by atoms with Gasteiger partial charge in [-0.2, -0.15) is 0 Å². The smallest absolute Gasteiger partial charge is 0.310 e. The molecule has 1 aromatic heterocycles. The first-order chi connectivity index (χ1) is 11.8. The minimum absolute atomic E-state index is 0.0753. The van der Waals surface area contributed by atoms with Gasteiger partial charge in [-0.3, -0.25) is 4.79 Å². The Kier molecular flexibility index (Phi) is 5.59. The summed E-state index contributed by atoms with van der Waals surface area (Å²) in [5, 5.41) is 7.97. The van der Waals surface area contributed by atoms with E-state index in [2.05, 4.69) is 15.4 Å². The highest BCUT2D eigenvalue weighted by atomic mass is 16.5. The summed E-state index contributed by atoms with van der Waals surface area (Å²) in [4.78, 5) is 16.4. The van der Waals surface area contributed by atoms with E-state index in [4.69, 9.17) is 4.74 Å². The molecule has 6 heteroatoms. The van der Waals surface area contributed by atoms with Crippen molar-refractivity contribution in [2.75, 3.05) is 7.11 Å². The topological polar surface area (TPSA) is 69.0 Å². The number of hydrogen-bond donors (Lipinski definition) is 1. The van der Waals surface area contributed by atoms with Gasteiger partial charge in [0.05, 0.1) is 25.3 Å². The molecule has 0 saturated heterocycles. The second-order valence-electron chi connectivity index (χ2n) is 6.20. The summed E-state index contributed by atoms with van der Waals surface area (Å²) in [7, 11) is 1.47. The SMILES string of the molecule is COC(=O)[C@H]1CCCCC[C@@H]1NCc1ncn(-c2ccccc2)n1. The highest BCUT2D eigenvalue weighted by Crippen LogP contribution is 2.24. The van der Waals surface area contributed by atoms with Crippen LogP contribution in [0.5, 0.6) is 0 Å². The number of nitrogens with one attached hydrogen (secondary N) is 1. The number of nitrogens with zero attached hydrogens (tertiary/aromatic N) is 3. The summed E-state index contributed by atoms with van der Waals surface area (Å²) in [6.45, 7) is 0.554. The molecule has 1 heterocycles. The predicted octanol–water partition coefficient (Wildman–Crippen LogP) is 2.48. The molecule has 0 unspecified atom stereocenters. The second-order valence-corrected chi connectivity index (χ2v) is 6.20. The van der Waals surface area contributed by atoms with Gasteiger partial charge in [0, 0.05) is 6.04 Å². The van der Waals surface area contributed by atoms with Crippen molar-refractivity contribution < 1.29 is 9.53 Å². The monoisotopic (exact) mass is 328 g/mol. The lowest BCUT2D eigenvalue weighted by molar-refractivity contribution is -0.146. The van der Waals surface area contributed by atoms with E-state index in [9.17, 15) is 4.79 Å². The fourth-order valence-electron chi connectivity index (χ4n) is 3.29. The normalized spacial score (nSPS) is 21.2. The van der Waals surface area contributed by atoms with Crippen LogP contribution in [0.2, 0.25) is 0 Å². The molecule has 0 spiro atoms. The summed E-state index contributed by atoms with van der Waals surface area (Å²) in [6, 6.07) is 10.0. The Labute approximate surface area is 142 Å². The van der Waals surface area contributed by atoms with E-state index in [-0.39, 0.29) is 17.9 Å². The molecule has 0 bridgehead atoms. The third kappa shape index (κ3) is 4.00. The number of benzene rings is 1. The van der Waals surface area contributed by atoms with Crippen LogP contribution in [0, 0.1) is 5.92 Å². The van der Waals surface area contributed by atoms with Crippen molar-refractivity contribution in [1.82, 2.24) is 20.1 Å². The summed E-state index contributed by atoms with van der Waals surface area (Å²) in [6.07, 6.45) is 6.98. The zero-order chi connectivity index (χ0) is 16.8. The van der Waals surface area contributed by atoms with E-state index in [1.807, 2.05) is 30.3 Å². The summed E-state index contributed by atoms with van der Waals surface area (Å²) in [5.41, 5.74) is 0.984. The highest BCUT2D eigenvalue weighted by molar-refractivity contribution is 5.73. The number of para-hydroxylation sites is 1. The lowest BCUT2D eigenvalue weighted by atomic mass is 9.95. The number of carbonyl (C=O) groups excluding carboxylic acids is 1. The van der Waals surface area contributed by atoms with Crippen LogP contribution in [0.3, 0.4) is 0 Å². The largest absolute Gasteiger partial charge is 0.469 e. The number of carbonyl (C=O) groups is 1. The Morgan fingerprint density at radius 2 is 2.04 bits per heavy atom. The second kappa shape index (κ2) is 8.06. The first-order valence-electron chi connectivity index (χ1n) is 8.55. The van der Waals surface area contributed by atoms with Gasteiger partial charge in [0.2, 0.25) is 0 Å². The van der Waals surface area contributed by atoms with Gasteiger partial charge in [0.25, 0.3) is 0 Å². The fraction of sp³-hybridized carbons (Fsp3) is 0.500. The summed E-state index contributed by atoms with van der Waals surface area (Å²) >= 11 is 0. The first-order valence-corrected chi connectivity index (χ1v) is 8.55.